The van der Waals surface area contributed by atoms with Crippen molar-refractivity contribution in [2.24, 2.45) is 0 Å². The molecule has 0 saturated heterocycles. The third-order valence-corrected chi connectivity index (χ3v) is 17.2. The van der Waals surface area contributed by atoms with Gasteiger partial charge in [-0.2, -0.15) is 0 Å². The van der Waals surface area contributed by atoms with Crippen molar-refractivity contribution < 1.29 is 80.2 Å². The maximum atomic E-state index is 13.1. The molecule has 100 heavy (non-hydrogen) atoms. The van der Waals surface area contributed by atoms with Crippen LogP contribution < -0.4 is 0 Å². The van der Waals surface area contributed by atoms with Crippen LogP contribution in [0.4, 0.5) is 0 Å². The zero-order valence-corrected chi connectivity index (χ0v) is 63.9. The fourth-order valence-electron chi connectivity index (χ4n) is 9.49. The highest BCUT2D eigenvalue weighted by Gasteiger charge is 2.30. The number of hydrogen-bond acceptors (Lipinski definition) is 15. The molecule has 0 bridgehead atoms. The standard InChI is InChI=1S/C81H134O17P2/c1-5-9-13-17-21-25-29-33-35-36-37-38-40-43-46-50-54-58-62-66-79(84)92-72-77(98-81(86)68-64-60-56-52-48-44-39-34-30-26-22-18-14-10-6-2)74-96-100(89,90)94-70-75(82)69-93-99(87,88)95-73-76(97-80(85)67-63-59-55-51-47-42-32-28-24-20-16-12-8-4)71-91-78(83)65-61-57-53-49-45-41-31-27-23-19-15-11-7-3/h10,14-16,19-22,25-28,31-35,37-39,48,52,60,64,75-77,82H,5-9,11-13,17-18,23-24,29-30,36,40-47,49-51,53-59,61-63,65-74H2,1-4H3,(H,87,88)(H,89,90)/b14-10-,19-15-,20-16-,25-21-,26-22-,31-27-,32-28-,35-33-,38-37-,39-34-,52-48-,64-60-. The number of aliphatic hydroxyl groups is 1. The normalized spacial score (nSPS) is 14.8. The molecule has 0 rings (SSSR count). The van der Waals surface area contributed by atoms with Crippen molar-refractivity contribution in [1.29, 1.82) is 0 Å². The second-order valence-electron chi connectivity index (χ2n) is 24.9. The molecular formula is C81H134O17P2. The first-order valence-corrected chi connectivity index (χ1v) is 41.1. The summed E-state index contributed by atoms with van der Waals surface area (Å²) in [6, 6.07) is 0. The first-order chi connectivity index (χ1) is 48.7. The summed E-state index contributed by atoms with van der Waals surface area (Å²) in [5.74, 6) is -2.38. The van der Waals surface area contributed by atoms with Crippen LogP contribution in [0.3, 0.4) is 0 Å². The SMILES string of the molecule is CC/C=C\C/C=C\C/C=C\C/C=C\C/C=C\CC(=O)OC(COC(=O)CCCCCCCC/C=C\C/C=C\C/C=C\CCCCC)COP(=O)(O)OCC(O)COP(=O)(O)OCC(COC(=O)CCCCCCC/C=C\C/C=C\CCC)OC(=O)CCCCCCC/C=C\C/C=C\CCC. The highest BCUT2D eigenvalue weighted by molar-refractivity contribution is 7.47. The third kappa shape index (κ3) is 71.3. The first kappa shape index (κ1) is 94.9. The van der Waals surface area contributed by atoms with Gasteiger partial charge in [-0.05, 0) is 141 Å². The number of esters is 4. The van der Waals surface area contributed by atoms with Gasteiger partial charge in [0.15, 0.2) is 12.2 Å². The number of carbonyl (C=O) groups excluding carboxylic acids is 4. The molecule has 0 aromatic carbocycles. The molecule has 0 aliphatic rings. The van der Waals surface area contributed by atoms with E-state index in [0.717, 1.165) is 186 Å². The zero-order valence-electron chi connectivity index (χ0n) is 62.1. The molecule has 0 aromatic rings. The van der Waals surface area contributed by atoms with Gasteiger partial charge in [0, 0.05) is 19.3 Å². The van der Waals surface area contributed by atoms with Gasteiger partial charge in [-0.3, -0.25) is 37.3 Å². The summed E-state index contributed by atoms with van der Waals surface area (Å²) in [6.45, 7) is 4.42. The quantitative estimate of drug-likeness (QED) is 0.0169. The van der Waals surface area contributed by atoms with Gasteiger partial charge in [-0.25, -0.2) is 9.13 Å². The van der Waals surface area contributed by atoms with E-state index < -0.39 is 97.5 Å². The monoisotopic (exact) mass is 1440 g/mol. The topological polar surface area (TPSA) is 237 Å². The molecular weight excluding hydrogens is 1310 g/mol. The maximum absolute atomic E-state index is 13.1. The molecule has 0 spiro atoms. The predicted molar refractivity (Wildman–Crippen MR) is 408 cm³/mol. The minimum atomic E-state index is -5.01. The molecule has 0 heterocycles. The van der Waals surface area contributed by atoms with Gasteiger partial charge in [0.25, 0.3) is 0 Å². The Kier molecular flexibility index (Phi) is 68.6. The average Bonchev–Trinajstić information content (AvgIpc) is 0.946. The summed E-state index contributed by atoms with van der Waals surface area (Å²) in [5, 5.41) is 10.6. The molecule has 0 amide bonds. The van der Waals surface area contributed by atoms with Gasteiger partial charge >= 0.3 is 39.5 Å². The fourth-order valence-corrected chi connectivity index (χ4v) is 11.1. The largest absolute Gasteiger partial charge is 0.472 e. The first-order valence-electron chi connectivity index (χ1n) is 38.1. The number of phosphoric ester groups is 2. The second kappa shape index (κ2) is 72.3. The van der Waals surface area contributed by atoms with Crippen LogP contribution in [0.25, 0.3) is 0 Å². The number of unbranched alkanes of at least 4 members (excludes halogenated alkanes) is 21. The van der Waals surface area contributed by atoms with E-state index >= 15 is 0 Å². The van der Waals surface area contributed by atoms with Crippen molar-refractivity contribution >= 4 is 39.5 Å². The van der Waals surface area contributed by atoms with E-state index in [1.54, 1.807) is 12.2 Å². The summed E-state index contributed by atoms with van der Waals surface area (Å²) in [6.07, 6.45) is 81.6. The lowest BCUT2D eigenvalue weighted by Crippen LogP contribution is -2.30. The number of rotatable bonds is 70. The van der Waals surface area contributed by atoms with Gasteiger partial charge in [-0.15, -0.1) is 0 Å². The van der Waals surface area contributed by atoms with Gasteiger partial charge in [-0.1, -0.05) is 263 Å². The molecule has 0 aliphatic carbocycles. The highest BCUT2D eigenvalue weighted by atomic mass is 31.2. The van der Waals surface area contributed by atoms with E-state index in [0.29, 0.717) is 25.7 Å². The van der Waals surface area contributed by atoms with Crippen molar-refractivity contribution in [2.45, 2.75) is 303 Å². The van der Waals surface area contributed by atoms with E-state index in [2.05, 4.69) is 149 Å². The van der Waals surface area contributed by atoms with Gasteiger partial charge in [0.2, 0.25) is 0 Å². The van der Waals surface area contributed by atoms with Crippen LogP contribution in [-0.2, 0) is 65.4 Å². The molecule has 0 saturated carbocycles. The van der Waals surface area contributed by atoms with Crippen LogP contribution in [-0.4, -0.2) is 96.7 Å². The summed E-state index contributed by atoms with van der Waals surface area (Å²) >= 11 is 0. The number of ether oxygens (including phenoxy) is 4. The Morgan fingerprint density at radius 1 is 0.300 bits per heavy atom. The number of carbonyl (C=O) groups is 4. The van der Waals surface area contributed by atoms with E-state index in [-0.39, 0.29) is 25.7 Å². The molecule has 19 heteroatoms. The highest BCUT2D eigenvalue weighted by Crippen LogP contribution is 2.45. The molecule has 0 aromatic heterocycles. The van der Waals surface area contributed by atoms with Crippen molar-refractivity contribution in [3.8, 4) is 0 Å². The van der Waals surface area contributed by atoms with Crippen molar-refractivity contribution in [1.82, 2.24) is 0 Å². The van der Waals surface area contributed by atoms with E-state index in [4.69, 9.17) is 37.0 Å². The van der Waals surface area contributed by atoms with Crippen LogP contribution in [0.1, 0.15) is 285 Å². The van der Waals surface area contributed by atoms with Crippen LogP contribution in [0.15, 0.2) is 146 Å². The maximum Gasteiger partial charge on any atom is 0.472 e. The smallest absolute Gasteiger partial charge is 0.462 e. The molecule has 3 N–H and O–H groups in total. The van der Waals surface area contributed by atoms with Gasteiger partial charge in [0.1, 0.15) is 19.3 Å². The predicted octanol–water partition coefficient (Wildman–Crippen LogP) is 21.9. The summed E-state index contributed by atoms with van der Waals surface area (Å²) in [4.78, 5) is 72.8. The Morgan fingerprint density at radius 2 is 0.580 bits per heavy atom. The molecule has 0 aliphatic heterocycles. The Bertz CT molecular complexity index is 2470. The van der Waals surface area contributed by atoms with E-state index in [1.807, 2.05) is 12.2 Å². The van der Waals surface area contributed by atoms with E-state index in [1.165, 1.54) is 19.3 Å². The Morgan fingerprint density at radius 3 is 0.930 bits per heavy atom. The Labute approximate surface area is 605 Å². The molecule has 570 valence electrons. The minimum Gasteiger partial charge on any atom is -0.462 e. The fraction of sp³-hybridized carbons (Fsp3) is 0.654. The lowest BCUT2D eigenvalue weighted by atomic mass is 10.1. The summed E-state index contributed by atoms with van der Waals surface area (Å²) < 4.78 is 68.3. The van der Waals surface area contributed by atoms with Gasteiger partial charge in [0.05, 0.1) is 32.8 Å². The third-order valence-electron chi connectivity index (χ3n) is 15.3. The summed E-state index contributed by atoms with van der Waals surface area (Å²) in [7, 11) is -10.00. The molecule has 17 nitrogen and oxygen atoms in total. The number of hydrogen-bond donors (Lipinski definition) is 3. The van der Waals surface area contributed by atoms with Crippen LogP contribution in [0.2, 0.25) is 0 Å². The minimum absolute atomic E-state index is 0.0692. The van der Waals surface area contributed by atoms with Crippen molar-refractivity contribution in [3.63, 3.8) is 0 Å². The number of aliphatic hydroxyl groups excluding tert-OH is 1. The van der Waals surface area contributed by atoms with E-state index in [9.17, 15) is 43.2 Å². The lowest BCUT2D eigenvalue weighted by molar-refractivity contribution is -0.161. The van der Waals surface area contributed by atoms with Crippen LogP contribution >= 0.6 is 15.6 Å². The van der Waals surface area contributed by atoms with Crippen molar-refractivity contribution in [3.05, 3.63) is 146 Å². The Balaban J connectivity index is 5.44. The Hall–Kier alpha value is -5.06. The van der Waals surface area contributed by atoms with Gasteiger partial charge < -0.3 is 33.8 Å². The van der Waals surface area contributed by atoms with Crippen LogP contribution in [0, 0.1) is 0 Å². The molecule has 0 radical (unpaired) electrons. The lowest BCUT2D eigenvalue weighted by Gasteiger charge is -2.21. The molecule has 5 atom stereocenters. The number of phosphoric acid groups is 2. The zero-order chi connectivity index (χ0) is 73.2. The molecule has 5 unspecified atom stereocenters. The van der Waals surface area contributed by atoms with Crippen molar-refractivity contribution in [2.75, 3.05) is 39.6 Å². The average molecular weight is 1440 g/mol. The molecule has 0 fully saturated rings. The summed E-state index contributed by atoms with van der Waals surface area (Å²) in [5.41, 5.74) is 0. The van der Waals surface area contributed by atoms with Crippen LogP contribution in [0.5, 0.6) is 0 Å². The number of allylic oxidation sites excluding steroid dienone is 23. The second-order valence-corrected chi connectivity index (χ2v) is 27.8.